The minimum Gasteiger partial charge on any atom is -0.344 e. The zero-order valence-electron chi connectivity index (χ0n) is 14.7. The fourth-order valence-electron chi connectivity index (χ4n) is 2.53. The van der Waals surface area contributed by atoms with Crippen molar-refractivity contribution in [3.63, 3.8) is 0 Å². The number of hydrogen-bond acceptors (Lipinski definition) is 5. The molecule has 3 N–H and O–H groups in total. The van der Waals surface area contributed by atoms with Crippen LogP contribution in [-0.2, 0) is 0 Å². The molecule has 1 heterocycles. The van der Waals surface area contributed by atoms with Crippen molar-refractivity contribution in [3.05, 3.63) is 97.7 Å². The molecule has 1 aromatic heterocycles. The van der Waals surface area contributed by atoms with Gasteiger partial charge in [-0.25, -0.2) is 15.4 Å². The molecule has 0 saturated carbocycles. The number of aromatic nitrogens is 2. The van der Waals surface area contributed by atoms with E-state index in [1.54, 1.807) is 18.4 Å². The minimum absolute atomic E-state index is 0.242. The molecule has 0 amide bonds. The number of allylic oxidation sites excluding steroid dienone is 4. The maximum Gasteiger partial charge on any atom is 0.194 e. The minimum atomic E-state index is 0.242. The second kappa shape index (κ2) is 9.12. The summed E-state index contributed by atoms with van der Waals surface area (Å²) in [6, 6.07) is 19.6. The van der Waals surface area contributed by atoms with Crippen molar-refractivity contribution in [2.24, 2.45) is 0 Å². The summed E-state index contributed by atoms with van der Waals surface area (Å²) in [5.41, 5.74) is 5.38. The Morgan fingerprint density at radius 1 is 0.741 bits per heavy atom. The van der Waals surface area contributed by atoms with E-state index in [-0.39, 0.29) is 5.82 Å². The molecule has 3 aromatic rings. The topological polar surface area (TPSA) is 70.1 Å². The predicted octanol–water partition coefficient (Wildman–Crippen LogP) is 5.28. The Bertz CT molecular complexity index is 951. The van der Waals surface area contributed by atoms with E-state index >= 15 is 0 Å². The largest absolute Gasteiger partial charge is 0.344 e. The first-order valence-electron chi connectivity index (χ1n) is 8.47. The van der Waals surface area contributed by atoms with E-state index < -0.39 is 0 Å². The molecule has 0 aliphatic heterocycles. The molecule has 0 bridgehead atoms. The first kappa shape index (κ1) is 18.1. The maximum atomic E-state index is 9.55. The van der Waals surface area contributed by atoms with Crippen LogP contribution in [0.5, 0.6) is 0 Å². The lowest BCUT2D eigenvalue weighted by Crippen LogP contribution is -2.05. The van der Waals surface area contributed by atoms with Crippen LogP contribution in [0.3, 0.4) is 0 Å². The Kier molecular flexibility index (Phi) is 6.12. The molecule has 0 aliphatic rings. The zero-order valence-corrected chi connectivity index (χ0v) is 14.7. The van der Waals surface area contributed by atoms with E-state index in [1.165, 1.54) is 0 Å². The summed E-state index contributed by atoms with van der Waals surface area (Å²) in [6.45, 7) is 3.62. The van der Waals surface area contributed by atoms with Gasteiger partial charge in [0.2, 0.25) is 0 Å². The smallest absolute Gasteiger partial charge is 0.194 e. The number of anilines is 2. The Morgan fingerprint density at radius 3 is 1.81 bits per heavy atom. The normalized spacial score (nSPS) is 11.0. The summed E-state index contributed by atoms with van der Waals surface area (Å²) in [4.78, 5) is 9.31. The van der Waals surface area contributed by atoms with Crippen molar-refractivity contribution < 1.29 is 5.21 Å². The number of hydrogen-bond donors (Lipinski definition) is 3. The molecule has 3 rings (SSSR count). The fraction of sp³-hybridized carbons (Fsp3) is 0. The third kappa shape index (κ3) is 4.48. The van der Waals surface area contributed by atoms with E-state index in [0.29, 0.717) is 11.5 Å². The van der Waals surface area contributed by atoms with Crippen molar-refractivity contribution >= 4 is 11.6 Å². The van der Waals surface area contributed by atoms with Gasteiger partial charge in [0, 0.05) is 17.3 Å². The summed E-state index contributed by atoms with van der Waals surface area (Å²) in [5, 5.41) is 12.6. The Hall–Kier alpha value is -3.70. The molecule has 27 heavy (non-hydrogen) atoms. The standard InChI is InChI=1S/C22H20N4O/c1-2-3-4-11-16-23-21-22(26-27)25-20(18-14-9-6-10-15-18)19(24-21)17-12-7-5-8-13-17/h2-16,27H,1H2,(H,23,24)(H,25,26)/b4-3-,16-11-. The molecular formula is C22H20N4O. The highest BCUT2D eigenvalue weighted by molar-refractivity contribution is 5.81. The first-order chi connectivity index (χ1) is 13.3. The summed E-state index contributed by atoms with van der Waals surface area (Å²) in [5.74, 6) is 0.658. The van der Waals surface area contributed by atoms with Gasteiger partial charge >= 0.3 is 0 Å². The Morgan fingerprint density at radius 2 is 1.30 bits per heavy atom. The molecule has 0 radical (unpaired) electrons. The van der Waals surface area contributed by atoms with Crippen LogP contribution in [-0.4, -0.2) is 15.2 Å². The second-order valence-corrected chi connectivity index (χ2v) is 5.59. The van der Waals surface area contributed by atoms with Gasteiger partial charge in [0.15, 0.2) is 11.6 Å². The molecule has 134 valence electrons. The van der Waals surface area contributed by atoms with Crippen LogP contribution in [0.25, 0.3) is 22.5 Å². The van der Waals surface area contributed by atoms with Crippen molar-refractivity contribution in [3.8, 4) is 22.5 Å². The lowest BCUT2D eigenvalue weighted by molar-refractivity contribution is 0.386. The van der Waals surface area contributed by atoms with Crippen LogP contribution in [0.1, 0.15) is 0 Å². The van der Waals surface area contributed by atoms with E-state index in [1.807, 2.05) is 72.8 Å². The highest BCUT2D eigenvalue weighted by Crippen LogP contribution is 2.32. The molecule has 0 unspecified atom stereocenters. The van der Waals surface area contributed by atoms with Gasteiger partial charge in [0.25, 0.3) is 0 Å². The van der Waals surface area contributed by atoms with Gasteiger partial charge in [-0.1, -0.05) is 85.5 Å². The van der Waals surface area contributed by atoms with Gasteiger partial charge in [-0.15, -0.1) is 0 Å². The number of nitrogens with one attached hydrogen (secondary N) is 2. The first-order valence-corrected chi connectivity index (χ1v) is 8.47. The summed E-state index contributed by atoms with van der Waals surface area (Å²) < 4.78 is 0. The number of nitrogens with zero attached hydrogens (tertiary/aromatic N) is 2. The second-order valence-electron chi connectivity index (χ2n) is 5.59. The molecule has 0 atom stereocenters. The molecule has 0 saturated heterocycles. The molecular weight excluding hydrogens is 336 g/mol. The zero-order chi connectivity index (χ0) is 18.9. The van der Waals surface area contributed by atoms with Gasteiger partial charge in [-0.3, -0.25) is 5.21 Å². The van der Waals surface area contributed by atoms with Gasteiger partial charge in [-0.2, -0.15) is 0 Å². The number of benzene rings is 2. The lowest BCUT2D eigenvalue weighted by Gasteiger charge is -2.14. The van der Waals surface area contributed by atoms with Crippen LogP contribution in [0.15, 0.2) is 97.7 Å². The maximum absolute atomic E-state index is 9.55. The molecule has 2 aromatic carbocycles. The lowest BCUT2D eigenvalue weighted by atomic mass is 10.0. The van der Waals surface area contributed by atoms with Crippen molar-refractivity contribution in [2.45, 2.75) is 0 Å². The van der Waals surface area contributed by atoms with E-state index in [9.17, 15) is 5.21 Å². The summed E-state index contributed by atoms with van der Waals surface area (Å²) in [6.07, 6.45) is 8.84. The predicted molar refractivity (Wildman–Crippen MR) is 110 cm³/mol. The third-order valence-corrected chi connectivity index (χ3v) is 3.77. The fourth-order valence-corrected chi connectivity index (χ4v) is 2.53. The monoisotopic (exact) mass is 356 g/mol. The SMILES string of the molecule is C=C/C=C\C=C/Nc1nc(-c2ccccc2)c(-c2ccccc2)nc1NO. The van der Waals surface area contributed by atoms with Gasteiger partial charge < -0.3 is 5.32 Å². The van der Waals surface area contributed by atoms with E-state index in [2.05, 4.69) is 22.4 Å². The number of rotatable bonds is 7. The molecule has 0 fully saturated rings. The van der Waals surface area contributed by atoms with Crippen molar-refractivity contribution in [2.75, 3.05) is 10.8 Å². The highest BCUT2D eigenvalue weighted by atomic mass is 16.5. The van der Waals surface area contributed by atoms with Crippen molar-refractivity contribution in [1.29, 1.82) is 0 Å². The van der Waals surface area contributed by atoms with Crippen LogP contribution < -0.4 is 10.8 Å². The van der Waals surface area contributed by atoms with Gasteiger partial charge in [0.05, 0.1) is 11.4 Å². The summed E-state index contributed by atoms with van der Waals surface area (Å²) >= 11 is 0. The average molecular weight is 356 g/mol. The van der Waals surface area contributed by atoms with Crippen LogP contribution in [0, 0.1) is 0 Å². The van der Waals surface area contributed by atoms with Crippen molar-refractivity contribution in [1.82, 2.24) is 9.97 Å². The Balaban J connectivity index is 2.09. The van der Waals surface area contributed by atoms with Crippen LogP contribution in [0.4, 0.5) is 11.6 Å². The average Bonchev–Trinajstić information content (AvgIpc) is 2.74. The van der Waals surface area contributed by atoms with E-state index in [4.69, 9.17) is 4.98 Å². The molecule has 5 heteroatoms. The molecule has 0 aliphatic carbocycles. The molecule has 0 spiro atoms. The van der Waals surface area contributed by atoms with Crippen LogP contribution in [0.2, 0.25) is 0 Å². The quantitative estimate of drug-likeness (QED) is 0.397. The van der Waals surface area contributed by atoms with Crippen LogP contribution >= 0.6 is 0 Å². The Labute approximate surface area is 158 Å². The van der Waals surface area contributed by atoms with E-state index in [0.717, 1.165) is 16.8 Å². The molecule has 5 nitrogen and oxygen atoms in total. The third-order valence-electron chi connectivity index (χ3n) is 3.77. The summed E-state index contributed by atoms with van der Waals surface area (Å²) in [7, 11) is 0. The highest BCUT2D eigenvalue weighted by Gasteiger charge is 2.16. The van der Waals surface area contributed by atoms with Gasteiger partial charge in [-0.05, 0) is 6.08 Å². The van der Waals surface area contributed by atoms with Gasteiger partial charge in [0.1, 0.15) is 0 Å².